The van der Waals surface area contributed by atoms with Gasteiger partial charge in [-0.25, -0.2) is 12.8 Å². The number of halogens is 1. The minimum absolute atomic E-state index is 0. The van der Waals surface area contributed by atoms with Crippen LogP contribution >= 0.6 is 0 Å². The summed E-state index contributed by atoms with van der Waals surface area (Å²) in [5, 5.41) is 3.01. The highest BCUT2D eigenvalue weighted by molar-refractivity contribution is 7.89. The highest BCUT2D eigenvalue weighted by atomic mass is 32.2. The molecule has 1 aliphatic heterocycles. The molecule has 0 bridgehead atoms. The Morgan fingerprint density at radius 3 is 2.31 bits per heavy atom. The van der Waals surface area contributed by atoms with Crippen LogP contribution in [0.15, 0.2) is 23.1 Å². The van der Waals surface area contributed by atoms with Crippen LogP contribution in [0.25, 0.3) is 0 Å². The van der Waals surface area contributed by atoms with Gasteiger partial charge in [-0.3, -0.25) is 4.79 Å². The summed E-state index contributed by atoms with van der Waals surface area (Å²) in [6, 6.07) is 3.40. The number of sulfonamides is 1. The molecule has 1 N–H and O–H groups in total. The van der Waals surface area contributed by atoms with Gasteiger partial charge in [0.1, 0.15) is 0 Å². The fraction of sp³-hybridized carbons (Fsp3) is 0.708. The molecule has 1 heterocycles. The molecule has 0 spiro atoms. The number of amides is 1. The largest absolute Gasteiger partial charge is 0.494 e. The Kier molecular flexibility index (Phi) is 11.6. The average molecular weight is 473 g/mol. The number of nitrogens with one attached hydrogen (secondary N) is 1. The first-order valence-electron chi connectivity index (χ1n) is 11.1. The molecule has 32 heavy (non-hydrogen) atoms. The van der Waals surface area contributed by atoms with E-state index >= 15 is 0 Å². The minimum atomic E-state index is -3.86. The fourth-order valence-electron chi connectivity index (χ4n) is 4.52. The van der Waals surface area contributed by atoms with Crippen molar-refractivity contribution in [3.63, 3.8) is 0 Å². The van der Waals surface area contributed by atoms with Crippen LogP contribution in [0.4, 0.5) is 4.39 Å². The Labute approximate surface area is 194 Å². The highest BCUT2D eigenvalue weighted by Crippen LogP contribution is 2.28. The molecular formula is C24H41FN2O4S. The van der Waals surface area contributed by atoms with Crippen LogP contribution in [0, 0.1) is 11.7 Å². The van der Waals surface area contributed by atoms with Gasteiger partial charge >= 0.3 is 0 Å². The van der Waals surface area contributed by atoms with E-state index in [1.165, 1.54) is 42.8 Å². The maximum absolute atomic E-state index is 14.1. The SMILES string of the molecule is C.C.COc1ccc(S(=O)(=O)N2CCCCC2CNC(=O)C2CCCCCCC2)cc1F. The molecule has 1 atom stereocenters. The van der Waals surface area contributed by atoms with Gasteiger partial charge in [-0.2, -0.15) is 4.31 Å². The average Bonchev–Trinajstić information content (AvgIpc) is 2.72. The van der Waals surface area contributed by atoms with Crippen molar-refractivity contribution in [1.29, 1.82) is 0 Å². The molecule has 3 rings (SSSR count). The van der Waals surface area contributed by atoms with E-state index in [4.69, 9.17) is 4.74 Å². The molecule has 6 nitrogen and oxygen atoms in total. The lowest BCUT2D eigenvalue weighted by molar-refractivity contribution is -0.125. The van der Waals surface area contributed by atoms with Crippen molar-refractivity contribution in [3.05, 3.63) is 24.0 Å². The predicted molar refractivity (Wildman–Crippen MR) is 127 cm³/mol. The zero-order chi connectivity index (χ0) is 21.6. The number of benzene rings is 1. The number of hydrogen-bond acceptors (Lipinski definition) is 4. The third kappa shape index (κ3) is 6.91. The Balaban J connectivity index is 0.00000256. The summed E-state index contributed by atoms with van der Waals surface area (Å²) in [6.07, 6.45) is 9.91. The number of rotatable bonds is 6. The minimum Gasteiger partial charge on any atom is -0.494 e. The maximum Gasteiger partial charge on any atom is 0.243 e. The second-order valence-electron chi connectivity index (χ2n) is 8.35. The molecular weight excluding hydrogens is 431 g/mol. The molecule has 2 aliphatic rings. The number of nitrogens with zero attached hydrogens (tertiary/aromatic N) is 1. The molecule has 1 aliphatic carbocycles. The van der Waals surface area contributed by atoms with Crippen molar-refractivity contribution >= 4 is 15.9 Å². The van der Waals surface area contributed by atoms with Gasteiger partial charge in [-0.1, -0.05) is 53.4 Å². The van der Waals surface area contributed by atoms with Crippen LogP contribution in [0.1, 0.15) is 79.1 Å². The van der Waals surface area contributed by atoms with Crippen LogP contribution in [-0.4, -0.2) is 44.9 Å². The van der Waals surface area contributed by atoms with Crippen molar-refractivity contribution in [2.24, 2.45) is 5.92 Å². The van der Waals surface area contributed by atoms with Gasteiger partial charge in [-0.15, -0.1) is 0 Å². The van der Waals surface area contributed by atoms with E-state index in [2.05, 4.69) is 5.32 Å². The molecule has 8 heteroatoms. The zero-order valence-electron chi connectivity index (χ0n) is 17.7. The second kappa shape index (κ2) is 13.1. The lowest BCUT2D eigenvalue weighted by atomic mass is 9.90. The van der Waals surface area contributed by atoms with E-state index in [1.54, 1.807) is 0 Å². The van der Waals surface area contributed by atoms with Gasteiger partial charge in [0.25, 0.3) is 0 Å². The topological polar surface area (TPSA) is 75.7 Å². The molecule has 0 aromatic heterocycles. The molecule has 1 amide bonds. The van der Waals surface area contributed by atoms with Gasteiger partial charge in [0.2, 0.25) is 15.9 Å². The van der Waals surface area contributed by atoms with Crippen molar-refractivity contribution in [2.75, 3.05) is 20.2 Å². The maximum atomic E-state index is 14.1. The molecule has 1 unspecified atom stereocenters. The fourth-order valence-corrected chi connectivity index (χ4v) is 6.22. The van der Waals surface area contributed by atoms with Gasteiger partial charge in [-0.05, 0) is 43.9 Å². The van der Waals surface area contributed by atoms with Crippen molar-refractivity contribution < 1.29 is 22.3 Å². The van der Waals surface area contributed by atoms with E-state index in [-0.39, 0.29) is 43.4 Å². The third-order valence-corrected chi connectivity index (χ3v) is 8.24. The monoisotopic (exact) mass is 472 g/mol. The van der Waals surface area contributed by atoms with Crippen LogP contribution in [0.3, 0.4) is 0 Å². The number of carbonyl (C=O) groups excluding carboxylic acids is 1. The van der Waals surface area contributed by atoms with Crippen molar-refractivity contribution in [1.82, 2.24) is 9.62 Å². The summed E-state index contributed by atoms with van der Waals surface area (Å²) in [7, 11) is -2.52. The summed E-state index contributed by atoms with van der Waals surface area (Å²) in [5.74, 6) is -0.634. The molecule has 1 saturated heterocycles. The number of carbonyl (C=O) groups is 1. The Morgan fingerprint density at radius 2 is 1.69 bits per heavy atom. The number of ether oxygens (including phenoxy) is 1. The van der Waals surface area contributed by atoms with Crippen LogP contribution in [0.5, 0.6) is 5.75 Å². The zero-order valence-corrected chi connectivity index (χ0v) is 18.6. The van der Waals surface area contributed by atoms with E-state index < -0.39 is 15.8 Å². The Morgan fingerprint density at radius 1 is 1.06 bits per heavy atom. The van der Waals surface area contributed by atoms with Crippen LogP contribution in [0.2, 0.25) is 0 Å². The van der Waals surface area contributed by atoms with E-state index in [0.717, 1.165) is 44.6 Å². The van der Waals surface area contributed by atoms with E-state index in [0.29, 0.717) is 19.5 Å². The summed E-state index contributed by atoms with van der Waals surface area (Å²) < 4.78 is 46.8. The van der Waals surface area contributed by atoms with Crippen LogP contribution < -0.4 is 10.1 Å². The summed E-state index contributed by atoms with van der Waals surface area (Å²) in [6.45, 7) is 0.674. The van der Waals surface area contributed by atoms with Gasteiger partial charge < -0.3 is 10.1 Å². The Hall–Kier alpha value is -1.67. The summed E-state index contributed by atoms with van der Waals surface area (Å²) in [5.41, 5.74) is 0. The second-order valence-corrected chi connectivity index (χ2v) is 10.2. The first-order valence-corrected chi connectivity index (χ1v) is 12.5. The quantitative estimate of drug-likeness (QED) is 0.623. The first-order chi connectivity index (χ1) is 14.4. The van der Waals surface area contributed by atoms with Gasteiger partial charge in [0.15, 0.2) is 11.6 Å². The Bertz CT molecular complexity index is 823. The van der Waals surface area contributed by atoms with Crippen molar-refractivity contribution in [2.45, 2.75) is 90.0 Å². The molecule has 184 valence electrons. The first kappa shape index (κ1) is 28.4. The third-order valence-electron chi connectivity index (χ3n) is 6.29. The van der Waals surface area contributed by atoms with E-state index in [9.17, 15) is 17.6 Å². The van der Waals surface area contributed by atoms with Crippen molar-refractivity contribution in [3.8, 4) is 5.75 Å². The molecule has 0 radical (unpaired) electrons. The summed E-state index contributed by atoms with van der Waals surface area (Å²) >= 11 is 0. The number of hydrogen-bond donors (Lipinski definition) is 1. The smallest absolute Gasteiger partial charge is 0.243 e. The normalized spacial score (nSPS) is 20.8. The molecule has 1 saturated carbocycles. The summed E-state index contributed by atoms with van der Waals surface area (Å²) in [4.78, 5) is 12.6. The van der Waals surface area contributed by atoms with Gasteiger partial charge in [0.05, 0.1) is 12.0 Å². The predicted octanol–water partition coefficient (Wildman–Crippen LogP) is 5.13. The molecule has 1 aromatic carbocycles. The lowest BCUT2D eigenvalue weighted by Crippen LogP contribution is -2.50. The van der Waals surface area contributed by atoms with E-state index in [1.807, 2.05) is 0 Å². The van der Waals surface area contributed by atoms with Crippen LogP contribution in [-0.2, 0) is 14.8 Å². The number of piperidine rings is 1. The standard InChI is InChI=1S/C22H33FN2O4S.2CH4/c1-29-21-13-12-19(15-20(21)23)30(27,28)25-14-8-7-11-18(25)16-24-22(26)17-9-5-3-2-4-6-10-17;;/h12-13,15,17-18H,2-11,14,16H2,1H3,(H,24,26);2*1H4. The molecule has 2 fully saturated rings. The molecule has 1 aromatic rings. The number of methoxy groups -OCH3 is 1. The highest BCUT2D eigenvalue weighted by Gasteiger charge is 2.34. The lowest BCUT2D eigenvalue weighted by Gasteiger charge is -2.35. The van der Waals surface area contributed by atoms with Gasteiger partial charge in [0, 0.05) is 25.0 Å².